The molecule has 0 aliphatic carbocycles. The van der Waals surface area contributed by atoms with Crippen LogP contribution in [0.4, 0.5) is 10.9 Å². The van der Waals surface area contributed by atoms with E-state index in [-0.39, 0.29) is 5.91 Å². The zero-order valence-corrected chi connectivity index (χ0v) is 14.1. The lowest BCUT2D eigenvalue weighted by molar-refractivity contribution is 0.0606. The molecule has 1 aromatic rings. The highest BCUT2D eigenvalue weighted by molar-refractivity contribution is 7.18. The van der Waals surface area contributed by atoms with Gasteiger partial charge in [0.25, 0.3) is 5.91 Å². The molecule has 0 radical (unpaired) electrons. The first-order chi connectivity index (χ1) is 10.1. The van der Waals surface area contributed by atoms with Crippen molar-refractivity contribution in [3.63, 3.8) is 0 Å². The minimum Gasteiger partial charge on any atom is -0.382 e. The minimum atomic E-state index is 0.0684. The van der Waals surface area contributed by atoms with Crippen molar-refractivity contribution in [2.45, 2.75) is 52.0 Å². The van der Waals surface area contributed by atoms with E-state index in [1.54, 1.807) is 0 Å². The number of hydrogen-bond acceptors (Lipinski definition) is 5. The Hall–Kier alpha value is -1.30. The predicted octanol–water partition coefficient (Wildman–Crippen LogP) is 2.98. The number of nitrogens with two attached hydrogens (primary N) is 1. The highest BCUT2D eigenvalue weighted by Gasteiger charge is 2.29. The Morgan fingerprint density at radius 1 is 1.48 bits per heavy atom. The van der Waals surface area contributed by atoms with Gasteiger partial charge in [0.2, 0.25) is 0 Å². The van der Waals surface area contributed by atoms with Crippen LogP contribution in [0.3, 0.4) is 0 Å². The van der Waals surface area contributed by atoms with Crippen molar-refractivity contribution in [3.05, 3.63) is 4.88 Å². The predicted molar refractivity (Wildman–Crippen MR) is 89.1 cm³/mol. The third kappa shape index (κ3) is 3.48. The monoisotopic (exact) mass is 310 g/mol. The average molecular weight is 310 g/mol. The Kier molecular flexibility index (Phi) is 5.45. The minimum absolute atomic E-state index is 0.0684. The normalized spacial score (nSPS) is 18.8. The zero-order valence-electron chi connectivity index (χ0n) is 13.3. The molecule has 0 aromatic carbocycles. The number of likely N-dealkylation sites (tertiary alicyclic amines) is 1. The fraction of sp³-hybridized carbons (Fsp3) is 0.733. The first-order valence-corrected chi connectivity index (χ1v) is 8.68. The van der Waals surface area contributed by atoms with Gasteiger partial charge < -0.3 is 15.5 Å². The SMILES string of the molecule is CCCC1CCCCN1C(=O)c1sc(N(C)CC)nc1N. The second-order valence-corrected chi connectivity index (χ2v) is 6.64. The molecule has 2 rings (SSSR count). The van der Waals surface area contributed by atoms with Gasteiger partial charge in [0.05, 0.1) is 0 Å². The van der Waals surface area contributed by atoms with E-state index < -0.39 is 0 Å². The lowest BCUT2D eigenvalue weighted by Crippen LogP contribution is -2.43. The second kappa shape index (κ2) is 7.11. The van der Waals surface area contributed by atoms with Crippen LogP contribution < -0.4 is 10.6 Å². The lowest BCUT2D eigenvalue weighted by Gasteiger charge is -2.35. The largest absolute Gasteiger partial charge is 0.382 e. The van der Waals surface area contributed by atoms with Crippen molar-refractivity contribution in [3.8, 4) is 0 Å². The standard InChI is InChI=1S/C15H26N4OS/c1-4-8-11-9-6-7-10-19(11)14(20)12-13(16)17-15(21-12)18(3)5-2/h11H,4-10,16H2,1-3H3. The number of rotatable bonds is 5. The van der Waals surface area contributed by atoms with E-state index in [0.717, 1.165) is 43.9 Å². The molecule has 1 atom stereocenters. The summed E-state index contributed by atoms with van der Waals surface area (Å²) in [5.41, 5.74) is 5.99. The van der Waals surface area contributed by atoms with Crippen LogP contribution >= 0.6 is 11.3 Å². The molecular weight excluding hydrogens is 284 g/mol. The Balaban J connectivity index is 2.20. The van der Waals surface area contributed by atoms with Gasteiger partial charge >= 0.3 is 0 Å². The lowest BCUT2D eigenvalue weighted by atomic mass is 9.98. The van der Waals surface area contributed by atoms with Crippen LogP contribution in [-0.4, -0.2) is 42.0 Å². The van der Waals surface area contributed by atoms with Crippen LogP contribution in [0.15, 0.2) is 0 Å². The van der Waals surface area contributed by atoms with Crippen molar-refractivity contribution in [1.29, 1.82) is 0 Å². The number of amides is 1. The Morgan fingerprint density at radius 3 is 2.90 bits per heavy atom. The first kappa shape index (κ1) is 16.1. The molecule has 1 saturated heterocycles. The molecule has 21 heavy (non-hydrogen) atoms. The number of hydrogen-bond donors (Lipinski definition) is 1. The topological polar surface area (TPSA) is 62.5 Å². The number of nitrogens with zero attached hydrogens (tertiary/aromatic N) is 3. The first-order valence-electron chi connectivity index (χ1n) is 7.86. The molecule has 1 fully saturated rings. The molecule has 0 spiro atoms. The van der Waals surface area contributed by atoms with Gasteiger partial charge in [-0.15, -0.1) is 0 Å². The fourth-order valence-corrected chi connectivity index (χ4v) is 3.77. The number of piperidine rings is 1. The highest BCUT2D eigenvalue weighted by atomic mass is 32.1. The van der Waals surface area contributed by atoms with E-state index in [2.05, 4.69) is 18.8 Å². The van der Waals surface area contributed by atoms with E-state index in [1.807, 2.05) is 16.8 Å². The molecule has 5 nitrogen and oxygen atoms in total. The molecule has 2 N–H and O–H groups in total. The third-order valence-electron chi connectivity index (χ3n) is 4.15. The summed E-state index contributed by atoms with van der Waals surface area (Å²) in [5, 5.41) is 0.822. The maximum absolute atomic E-state index is 12.8. The number of thiazole rings is 1. The van der Waals surface area contributed by atoms with Crippen LogP contribution in [-0.2, 0) is 0 Å². The second-order valence-electron chi connectivity index (χ2n) is 5.66. The van der Waals surface area contributed by atoms with E-state index >= 15 is 0 Å². The molecule has 0 saturated carbocycles. The number of carbonyl (C=O) groups excluding carboxylic acids is 1. The van der Waals surface area contributed by atoms with E-state index in [0.29, 0.717) is 16.7 Å². The summed E-state index contributed by atoms with van der Waals surface area (Å²) in [4.78, 5) is 21.8. The van der Waals surface area contributed by atoms with Crippen molar-refractivity contribution in [2.75, 3.05) is 30.8 Å². The third-order valence-corrected chi connectivity index (χ3v) is 5.32. The Morgan fingerprint density at radius 2 is 2.24 bits per heavy atom. The number of carbonyl (C=O) groups is 1. The van der Waals surface area contributed by atoms with Gasteiger partial charge in [-0.05, 0) is 32.6 Å². The van der Waals surface area contributed by atoms with E-state index in [9.17, 15) is 4.79 Å². The number of anilines is 2. The van der Waals surface area contributed by atoms with Crippen molar-refractivity contribution in [2.24, 2.45) is 0 Å². The quantitative estimate of drug-likeness (QED) is 0.908. The summed E-state index contributed by atoms with van der Waals surface area (Å²) in [6.07, 6.45) is 5.60. The maximum atomic E-state index is 12.8. The van der Waals surface area contributed by atoms with Gasteiger partial charge in [0.15, 0.2) is 5.13 Å². The number of nitrogen functional groups attached to an aromatic ring is 1. The van der Waals surface area contributed by atoms with Gasteiger partial charge in [-0.2, -0.15) is 0 Å². The fourth-order valence-electron chi connectivity index (χ4n) is 2.80. The van der Waals surface area contributed by atoms with Crippen molar-refractivity contribution >= 4 is 28.2 Å². The molecule has 118 valence electrons. The van der Waals surface area contributed by atoms with E-state index in [4.69, 9.17) is 5.73 Å². The van der Waals surface area contributed by atoms with Crippen LogP contribution in [0.25, 0.3) is 0 Å². The average Bonchev–Trinajstić information content (AvgIpc) is 2.88. The van der Waals surface area contributed by atoms with Crippen LogP contribution in [0.2, 0.25) is 0 Å². The molecule has 2 heterocycles. The van der Waals surface area contributed by atoms with Gasteiger partial charge in [-0.1, -0.05) is 24.7 Å². The Labute approximate surface area is 131 Å². The van der Waals surface area contributed by atoms with Gasteiger partial charge in [0.1, 0.15) is 10.7 Å². The molecular formula is C15H26N4OS. The van der Waals surface area contributed by atoms with Gasteiger partial charge in [0, 0.05) is 26.2 Å². The summed E-state index contributed by atoms with van der Waals surface area (Å²) in [7, 11) is 1.97. The molecule has 1 unspecified atom stereocenters. The summed E-state index contributed by atoms with van der Waals surface area (Å²) >= 11 is 1.41. The summed E-state index contributed by atoms with van der Waals surface area (Å²) in [6, 6.07) is 0.366. The molecule has 1 amide bonds. The molecule has 0 bridgehead atoms. The Bertz CT molecular complexity index is 486. The maximum Gasteiger partial charge on any atom is 0.268 e. The smallest absolute Gasteiger partial charge is 0.268 e. The van der Waals surface area contributed by atoms with Crippen LogP contribution in [0, 0.1) is 0 Å². The molecule has 6 heteroatoms. The summed E-state index contributed by atoms with van der Waals surface area (Å²) < 4.78 is 0. The molecule has 1 aliphatic heterocycles. The zero-order chi connectivity index (χ0) is 15.4. The number of aromatic nitrogens is 1. The van der Waals surface area contributed by atoms with Crippen LogP contribution in [0.1, 0.15) is 55.6 Å². The summed E-state index contributed by atoms with van der Waals surface area (Å²) in [6.45, 7) is 5.93. The highest BCUT2D eigenvalue weighted by Crippen LogP contribution is 2.31. The van der Waals surface area contributed by atoms with E-state index in [1.165, 1.54) is 17.8 Å². The van der Waals surface area contributed by atoms with Crippen molar-refractivity contribution in [1.82, 2.24) is 9.88 Å². The molecule has 1 aliphatic rings. The van der Waals surface area contributed by atoms with Gasteiger partial charge in [-0.25, -0.2) is 4.98 Å². The molecule has 1 aromatic heterocycles. The summed E-state index contributed by atoms with van der Waals surface area (Å²) in [5.74, 6) is 0.444. The van der Waals surface area contributed by atoms with Crippen molar-refractivity contribution < 1.29 is 4.79 Å². The van der Waals surface area contributed by atoms with Crippen LogP contribution in [0.5, 0.6) is 0 Å². The van der Waals surface area contributed by atoms with Gasteiger partial charge in [-0.3, -0.25) is 4.79 Å².